The van der Waals surface area contributed by atoms with Gasteiger partial charge in [0.1, 0.15) is 0 Å². The predicted octanol–water partition coefficient (Wildman–Crippen LogP) is 15.2. The molecule has 0 unspecified atom stereocenters. The maximum atomic E-state index is 5.28. The van der Waals surface area contributed by atoms with Crippen molar-refractivity contribution < 1.29 is 0 Å². The number of fused-ring (bicyclic) bond motifs is 6. The third-order valence-electron chi connectivity index (χ3n) is 10.7. The monoisotopic (exact) mass is 748 g/mol. The first-order chi connectivity index (χ1) is 27.7. The molecule has 0 aliphatic rings. The van der Waals surface area contributed by atoms with Crippen LogP contribution in [0.5, 0.6) is 0 Å². The standard InChI is InChI=1S/C52H32N2S2/c1-3-13-33(14-4-1)37-29-38(41-20-12-22-45-43-18-8-10-24-49(43)56-51(41)45)31-39(30-37)47-32-46(53-52(54-47)36-15-5-2-6-16-36)35-27-25-34(26-28-35)40-19-11-21-44-42-17-7-9-23-48(42)55-50(40)44/h1-32H. The van der Waals surface area contributed by atoms with Gasteiger partial charge in [0.15, 0.2) is 5.82 Å². The minimum atomic E-state index is 0.704. The normalized spacial score (nSPS) is 11.6. The topological polar surface area (TPSA) is 25.8 Å². The highest BCUT2D eigenvalue weighted by atomic mass is 32.1. The molecule has 2 nitrogen and oxygen atoms in total. The average Bonchev–Trinajstić information content (AvgIpc) is 3.86. The number of aromatic nitrogens is 2. The molecule has 56 heavy (non-hydrogen) atoms. The first kappa shape index (κ1) is 32.7. The van der Waals surface area contributed by atoms with Crippen molar-refractivity contribution in [2.24, 2.45) is 0 Å². The fourth-order valence-corrected chi connectivity index (χ4v) is 10.4. The molecule has 0 amide bonds. The number of thiophene rings is 2. The van der Waals surface area contributed by atoms with Crippen molar-refractivity contribution in [3.63, 3.8) is 0 Å². The van der Waals surface area contributed by atoms with E-state index in [0.717, 1.165) is 33.6 Å². The highest BCUT2D eigenvalue weighted by Gasteiger charge is 2.17. The van der Waals surface area contributed by atoms with E-state index in [1.807, 2.05) is 40.9 Å². The number of hydrogen-bond acceptors (Lipinski definition) is 4. The summed E-state index contributed by atoms with van der Waals surface area (Å²) in [5.41, 5.74) is 12.0. The van der Waals surface area contributed by atoms with Crippen LogP contribution in [0.2, 0.25) is 0 Å². The Labute approximate surface area is 332 Å². The third kappa shape index (κ3) is 5.70. The highest BCUT2D eigenvalue weighted by Crippen LogP contribution is 2.43. The Hall–Kier alpha value is -6.72. The van der Waals surface area contributed by atoms with Crippen LogP contribution in [-0.2, 0) is 0 Å². The Morgan fingerprint density at radius 3 is 1.38 bits per heavy atom. The van der Waals surface area contributed by atoms with Crippen molar-refractivity contribution in [2.45, 2.75) is 0 Å². The van der Waals surface area contributed by atoms with E-state index in [4.69, 9.17) is 9.97 Å². The molecule has 0 saturated carbocycles. The molecule has 0 spiro atoms. The van der Waals surface area contributed by atoms with E-state index in [9.17, 15) is 0 Å². The van der Waals surface area contributed by atoms with Crippen molar-refractivity contribution in [3.8, 4) is 67.3 Å². The summed E-state index contributed by atoms with van der Waals surface area (Å²) >= 11 is 3.72. The summed E-state index contributed by atoms with van der Waals surface area (Å²) in [4.78, 5) is 10.5. The van der Waals surface area contributed by atoms with Gasteiger partial charge in [-0.2, -0.15) is 0 Å². The molecular formula is C52H32N2S2. The Morgan fingerprint density at radius 2 is 0.750 bits per heavy atom. The minimum absolute atomic E-state index is 0.704. The Kier molecular flexibility index (Phi) is 7.90. The first-order valence-corrected chi connectivity index (χ1v) is 20.4. The third-order valence-corrected chi connectivity index (χ3v) is 13.1. The molecule has 0 aliphatic heterocycles. The molecule has 3 heterocycles. The van der Waals surface area contributed by atoms with Gasteiger partial charge in [-0.05, 0) is 69.8 Å². The molecule has 262 valence electrons. The lowest BCUT2D eigenvalue weighted by Gasteiger charge is -2.14. The zero-order valence-electron chi connectivity index (χ0n) is 30.2. The molecule has 0 bridgehead atoms. The smallest absolute Gasteiger partial charge is 0.160 e. The molecular weight excluding hydrogens is 717 g/mol. The van der Waals surface area contributed by atoms with Crippen LogP contribution in [0.1, 0.15) is 0 Å². The Morgan fingerprint density at radius 1 is 0.286 bits per heavy atom. The summed E-state index contributed by atoms with van der Waals surface area (Å²) < 4.78 is 5.23. The summed E-state index contributed by atoms with van der Waals surface area (Å²) in [6, 6.07) is 69.6. The Balaban J connectivity index is 1.08. The molecule has 0 saturated heterocycles. The number of hydrogen-bond donors (Lipinski definition) is 0. The minimum Gasteiger partial charge on any atom is -0.228 e. The quantitative estimate of drug-likeness (QED) is 0.169. The van der Waals surface area contributed by atoms with E-state index in [2.05, 4.69) is 176 Å². The Bertz CT molecular complexity index is 3230. The second-order valence-electron chi connectivity index (χ2n) is 14.1. The van der Waals surface area contributed by atoms with Crippen LogP contribution >= 0.6 is 22.7 Å². The van der Waals surface area contributed by atoms with Crippen LogP contribution in [0.15, 0.2) is 194 Å². The van der Waals surface area contributed by atoms with Gasteiger partial charge in [-0.1, -0.05) is 158 Å². The number of benzene rings is 8. The van der Waals surface area contributed by atoms with Crippen LogP contribution in [0, 0.1) is 0 Å². The molecule has 4 heteroatoms. The largest absolute Gasteiger partial charge is 0.228 e. The van der Waals surface area contributed by atoms with E-state index in [1.165, 1.54) is 68.2 Å². The summed E-state index contributed by atoms with van der Waals surface area (Å²) in [5.74, 6) is 0.704. The zero-order valence-corrected chi connectivity index (χ0v) is 31.8. The number of rotatable bonds is 6. The molecule has 3 aromatic heterocycles. The summed E-state index contributed by atoms with van der Waals surface area (Å²) in [6.07, 6.45) is 0. The summed E-state index contributed by atoms with van der Waals surface area (Å²) in [5, 5.41) is 5.21. The van der Waals surface area contributed by atoms with Crippen molar-refractivity contribution in [1.29, 1.82) is 0 Å². The second-order valence-corrected chi connectivity index (χ2v) is 16.2. The van der Waals surface area contributed by atoms with Crippen molar-refractivity contribution >= 4 is 63.0 Å². The lowest BCUT2D eigenvalue weighted by atomic mass is 9.93. The van der Waals surface area contributed by atoms with Gasteiger partial charge in [0.05, 0.1) is 11.4 Å². The first-order valence-electron chi connectivity index (χ1n) is 18.8. The van der Waals surface area contributed by atoms with Crippen LogP contribution in [0.25, 0.3) is 108 Å². The van der Waals surface area contributed by atoms with Gasteiger partial charge in [0.2, 0.25) is 0 Å². The van der Waals surface area contributed by atoms with Crippen molar-refractivity contribution in [3.05, 3.63) is 194 Å². The average molecular weight is 749 g/mol. The summed E-state index contributed by atoms with van der Waals surface area (Å²) in [7, 11) is 0. The van der Waals surface area contributed by atoms with Gasteiger partial charge in [-0.25, -0.2) is 9.97 Å². The molecule has 0 atom stereocenters. The molecule has 11 rings (SSSR count). The maximum Gasteiger partial charge on any atom is 0.160 e. The van der Waals surface area contributed by atoms with Gasteiger partial charge in [-0.3, -0.25) is 0 Å². The van der Waals surface area contributed by atoms with Gasteiger partial charge < -0.3 is 0 Å². The van der Waals surface area contributed by atoms with Gasteiger partial charge in [0.25, 0.3) is 0 Å². The molecule has 0 aliphatic carbocycles. The second kappa shape index (κ2) is 13.5. The predicted molar refractivity (Wildman–Crippen MR) is 240 cm³/mol. The van der Waals surface area contributed by atoms with Gasteiger partial charge in [0, 0.05) is 57.0 Å². The molecule has 11 aromatic rings. The van der Waals surface area contributed by atoms with Crippen molar-refractivity contribution in [2.75, 3.05) is 0 Å². The maximum absolute atomic E-state index is 5.28. The van der Waals surface area contributed by atoms with Crippen LogP contribution in [0.4, 0.5) is 0 Å². The van der Waals surface area contributed by atoms with Crippen molar-refractivity contribution in [1.82, 2.24) is 9.97 Å². The van der Waals surface area contributed by atoms with Crippen LogP contribution in [-0.4, -0.2) is 9.97 Å². The molecule has 0 N–H and O–H groups in total. The fraction of sp³-hybridized carbons (Fsp3) is 0. The molecule has 0 radical (unpaired) electrons. The summed E-state index contributed by atoms with van der Waals surface area (Å²) in [6.45, 7) is 0. The van der Waals surface area contributed by atoms with Crippen LogP contribution < -0.4 is 0 Å². The molecule has 0 fully saturated rings. The van der Waals surface area contributed by atoms with E-state index in [1.54, 1.807) is 0 Å². The lowest BCUT2D eigenvalue weighted by Crippen LogP contribution is -1.96. The van der Waals surface area contributed by atoms with Gasteiger partial charge >= 0.3 is 0 Å². The van der Waals surface area contributed by atoms with E-state index < -0.39 is 0 Å². The fourth-order valence-electron chi connectivity index (χ4n) is 7.96. The zero-order chi connectivity index (χ0) is 37.0. The van der Waals surface area contributed by atoms with Gasteiger partial charge in [-0.15, -0.1) is 22.7 Å². The van der Waals surface area contributed by atoms with E-state index >= 15 is 0 Å². The van der Waals surface area contributed by atoms with E-state index in [0.29, 0.717) is 5.82 Å². The van der Waals surface area contributed by atoms with Crippen LogP contribution in [0.3, 0.4) is 0 Å². The number of nitrogens with zero attached hydrogens (tertiary/aromatic N) is 2. The SMILES string of the molecule is c1ccc(-c2cc(-c3cc(-c4ccc(-c5cccc6c5sc5ccccc56)cc4)nc(-c4ccccc4)n3)cc(-c3cccc4c3sc3ccccc34)c2)cc1. The highest BCUT2D eigenvalue weighted by molar-refractivity contribution is 7.26. The lowest BCUT2D eigenvalue weighted by molar-refractivity contribution is 1.18. The van der Waals surface area contributed by atoms with E-state index in [-0.39, 0.29) is 0 Å². The molecule has 8 aromatic carbocycles.